The van der Waals surface area contributed by atoms with Crippen LogP contribution in [0.25, 0.3) is 0 Å². The number of sulfonamides is 2. The van der Waals surface area contributed by atoms with Crippen LogP contribution in [0.4, 0.5) is 0 Å². The fourth-order valence-electron chi connectivity index (χ4n) is 3.08. The predicted molar refractivity (Wildman–Crippen MR) is 112 cm³/mol. The van der Waals surface area contributed by atoms with Crippen molar-refractivity contribution in [1.29, 1.82) is 0 Å². The molecule has 1 aliphatic heterocycles. The Bertz CT molecular complexity index is 1030. The van der Waals surface area contributed by atoms with Crippen molar-refractivity contribution in [2.75, 3.05) is 26.2 Å². The summed E-state index contributed by atoms with van der Waals surface area (Å²) in [4.78, 5) is 0.442. The number of halogens is 1. The molecule has 9 heteroatoms. The first-order chi connectivity index (χ1) is 13.1. The van der Waals surface area contributed by atoms with Gasteiger partial charge in [-0.05, 0) is 47.9 Å². The smallest absolute Gasteiger partial charge is 0.207 e. The second kappa shape index (κ2) is 8.23. The Kier molecular flexibility index (Phi) is 6.31. The molecule has 0 unspecified atom stereocenters. The molecule has 1 aliphatic rings. The van der Waals surface area contributed by atoms with Crippen molar-refractivity contribution in [1.82, 2.24) is 8.61 Å². The summed E-state index contributed by atoms with van der Waals surface area (Å²) >= 11 is 3.29. The van der Waals surface area contributed by atoms with E-state index in [2.05, 4.69) is 29.8 Å². The number of benzene rings is 2. The third kappa shape index (κ3) is 4.33. The summed E-state index contributed by atoms with van der Waals surface area (Å²) in [5.74, 6) is 0.323. The fraction of sp³-hybridized carbons (Fsp3) is 0.368. The number of hydrogen-bond acceptors (Lipinski definition) is 4. The predicted octanol–water partition coefficient (Wildman–Crippen LogP) is 3.27. The topological polar surface area (TPSA) is 74.8 Å². The van der Waals surface area contributed by atoms with Crippen molar-refractivity contribution < 1.29 is 16.8 Å². The summed E-state index contributed by atoms with van der Waals surface area (Å²) in [6, 6.07) is 13.3. The van der Waals surface area contributed by atoms with Gasteiger partial charge in [0, 0.05) is 30.7 Å². The first-order valence-electron chi connectivity index (χ1n) is 8.98. The van der Waals surface area contributed by atoms with Gasteiger partial charge in [0.15, 0.2) is 0 Å². The highest BCUT2D eigenvalue weighted by atomic mass is 79.9. The summed E-state index contributed by atoms with van der Waals surface area (Å²) in [5, 5.41) is 0. The van der Waals surface area contributed by atoms with Crippen LogP contribution in [0.2, 0.25) is 0 Å². The molecule has 6 nitrogen and oxygen atoms in total. The summed E-state index contributed by atoms with van der Waals surface area (Å²) < 4.78 is 54.8. The van der Waals surface area contributed by atoms with Crippen LogP contribution in [-0.2, 0) is 20.0 Å². The van der Waals surface area contributed by atoms with E-state index in [1.807, 2.05) is 12.1 Å². The van der Waals surface area contributed by atoms with Crippen LogP contribution in [0.3, 0.4) is 0 Å². The Morgan fingerprint density at radius 2 is 1.07 bits per heavy atom. The lowest BCUT2D eigenvalue weighted by molar-refractivity contribution is 0.273. The Balaban J connectivity index is 1.73. The van der Waals surface area contributed by atoms with Crippen molar-refractivity contribution in [2.24, 2.45) is 0 Å². The van der Waals surface area contributed by atoms with E-state index in [1.165, 1.54) is 8.61 Å². The minimum absolute atomic E-state index is 0.127. The Morgan fingerprint density at radius 3 is 1.43 bits per heavy atom. The molecule has 0 bridgehead atoms. The fourth-order valence-corrected chi connectivity index (χ4v) is 6.19. The molecule has 28 heavy (non-hydrogen) atoms. The molecule has 2 aromatic carbocycles. The maximum absolute atomic E-state index is 12.9. The number of nitrogens with zero attached hydrogens (tertiary/aromatic N) is 2. The number of piperazine rings is 1. The van der Waals surface area contributed by atoms with E-state index in [0.29, 0.717) is 5.92 Å². The molecule has 0 amide bonds. The van der Waals surface area contributed by atoms with Gasteiger partial charge in [0.25, 0.3) is 0 Å². The zero-order chi connectivity index (χ0) is 20.5. The van der Waals surface area contributed by atoms with Crippen LogP contribution < -0.4 is 0 Å². The van der Waals surface area contributed by atoms with Crippen LogP contribution in [0.15, 0.2) is 62.8 Å². The zero-order valence-corrected chi connectivity index (χ0v) is 19.0. The molecule has 0 aliphatic carbocycles. The van der Waals surface area contributed by atoms with Gasteiger partial charge in [-0.2, -0.15) is 8.61 Å². The molecule has 2 aromatic rings. The van der Waals surface area contributed by atoms with Crippen molar-refractivity contribution in [3.05, 3.63) is 58.6 Å². The molecule has 0 atom stereocenters. The van der Waals surface area contributed by atoms with Gasteiger partial charge in [-0.15, -0.1) is 0 Å². The second-order valence-electron chi connectivity index (χ2n) is 6.99. The molecule has 0 spiro atoms. The lowest BCUT2D eigenvalue weighted by Crippen LogP contribution is -2.50. The van der Waals surface area contributed by atoms with E-state index in [1.54, 1.807) is 36.4 Å². The highest BCUT2D eigenvalue weighted by Crippen LogP contribution is 2.24. The van der Waals surface area contributed by atoms with E-state index < -0.39 is 20.0 Å². The van der Waals surface area contributed by atoms with E-state index in [9.17, 15) is 16.8 Å². The van der Waals surface area contributed by atoms with Gasteiger partial charge in [0.05, 0.1) is 9.79 Å². The Hall–Kier alpha value is -1.26. The maximum Gasteiger partial charge on any atom is 0.243 e. The van der Waals surface area contributed by atoms with Gasteiger partial charge in [-0.3, -0.25) is 0 Å². The van der Waals surface area contributed by atoms with Gasteiger partial charge < -0.3 is 0 Å². The second-order valence-corrected chi connectivity index (χ2v) is 11.8. The summed E-state index contributed by atoms with van der Waals surface area (Å²) in [6.45, 7) is 4.61. The van der Waals surface area contributed by atoms with Crippen molar-refractivity contribution in [3.8, 4) is 0 Å². The van der Waals surface area contributed by atoms with Crippen molar-refractivity contribution in [2.45, 2.75) is 29.6 Å². The van der Waals surface area contributed by atoms with E-state index >= 15 is 0 Å². The van der Waals surface area contributed by atoms with Gasteiger partial charge in [0.2, 0.25) is 20.0 Å². The first kappa shape index (κ1) is 21.4. The number of hydrogen-bond donors (Lipinski definition) is 0. The van der Waals surface area contributed by atoms with Gasteiger partial charge in [-0.1, -0.05) is 41.9 Å². The minimum atomic E-state index is -3.64. The normalized spacial score (nSPS) is 17.1. The molecule has 152 valence electrons. The minimum Gasteiger partial charge on any atom is -0.207 e. The molecule has 0 radical (unpaired) electrons. The Morgan fingerprint density at radius 1 is 0.714 bits per heavy atom. The van der Waals surface area contributed by atoms with Crippen molar-refractivity contribution >= 4 is 36.0 Å². The van der Waals surface area contributed by atoms with Crippen LogP contribution in [-0.4, -0.2) is 51.6 Å². The largest absolute Gasteiger partial charge is 0.243 e. The maximum atomic E-state index is 12.9. The monoisotopic (exact) mass is 486 g/mol. The first-order valence-corrected chi connectivity index (χ1v) is 12.7. The van der Waals surface area contributed by atoms with E-state index in [4.69, 9.17) is 0 Å². The summed E-state index contributed by atoms with van der Waals surface area (Å²) in [5.41, 5.74) is 1.07. The summed E-state index contributed by atoms with van der Waals surface area (Å²) in [6.07, 6.45) is 0. The SMILES string of the molecule is CC(C)c1ccc(S(=O)(=O)N2CCN(S(=O)(=O)c3ccc(Br)cc3)CC2)cc1. The zero-order valence-electron chi connectivity index (χ0n) is 15.7. The molecule has 1 saturated heterocycles. The molecule has 0 aromatic heterocycles. The highest BCUT2D eigenvalue weighted by molar-refractivity contribution is 9.10. The van der Waals surface area contributed by atoms with Crippen LogP contribution >= 0.6 is 15.9 Å². The van der Waals surface area contributed by atoms with E-state index in [-0.39, 0.29) is 36.0 Å². The average Bonchev–Trinajstić information content (AvgIpc) is 2.68. The molecule has 0 N–H and O–H groups in total. The third-order valence-corrected chi connectivity index (χ3v) is 9.19. The average molecular weight is 487 g/mol. The number of rotatable bonds is 5. The van der Waals surface area contributed by atoms with Crippen LogP contribution in [0, 0.1) is 0 Å². The molecular weight excluding hydrogens is 464 g/mol. The standard InChI is InChI=1S/C19H23BrN2O4S2/c1-15(2)16-3-7-18(8-4-16)27(23,24)21-11-13-22(14-12-21)28(25,26)19-9-5-17(20)6-10-19/h3-10,15H,11-14H2,1-2H3. The quantitative estimate of drug-likeness (QED) is 0.649. The molecular formula is C19H23BrN2O4S2. The summed E-state index contributed by atoms with van der Waals surface area (Å²) in [7, 11) is -7.27. The molecule has 3 rings (SSSR count). The molecule has 1 fully saturated rings. The molecule has 1 heterocycles. The van der Waals surface area contributed by atoms with Crippen LogP contribution in [0.1, 0.15) is 25.3 Å². The third-order valence-electron chi connectivity index (χ3n) is 4.83. The lowest BCUT2D eigenvalue weighted by atomic mass is 10.0. The van der Waals surface area contributed by atoms with Gasteiger partial charge in [0.1, 0.15) is 0 Å². The van der Waals surface area contributed by atoms with Gasteiger partial charge >= 0.3 is 0 Å². The van der Waals surface area contributed by atoms with Crippen LogP contribution in [0.5, 0.6) is 0 Å². The lowest BCUT2D eigenvalue weighted by Gasteiger charge is -2.33. The Labute approximate surface area is 175 Å². The van der Waals surface area contributed by atoms with Gasteiger partial charge in [-0.25, -0.2) is 16.8 Å². The van der Waals surface area contributed by atoms with Crippen molar-refractivity contribution in [3.63, 3.8) is 0 Å². The molecule has 0 saturated carbocycles. The highest BCUT2D eigenvalue weighted by Gasteiger charge is 2.33. The van der Waals surface area contributed by atoms with E-state index in [0.717, 1.165) is 10.0 Å².